The number of nitrogens with zero attached hydrogens (tertiary/aromatic N) is 4. The fourth-order valence-corrected chi connectivity index (χ4v) is 4.87. The third kappa shape index (κ3) is 5.60. The van der Waals surface area contributed by atoms with Crippen LogP contribution in [0.3, 0.4) is 0 Å². The van der Waals surface area contributed by atoms with Gasteiger partial charge in [0.25, 0.3) is 0 Å². The Morgan fingerprint density at radius 3 is 2.24 bits per heavy atom. The van der Waals surface area contributed by atoms with Crippen molar-refractivity contribution in [1.82, 2.24) is 4.98 Å². The number of hydrogen-bond acceptors (Lipinski definition) is 3. The Kier molecular flexibility index (Phi) is 7.32. The summed E-state index contributed by atoms with van der Waals surface area (Å²) in [5, 5.41) is 0. The molecule has 1 aliphatic rings. The molecule has 1 aromatic heterocycles. The van der Waals surface area contributed by atoms with Gasteiger partial charge in [-0.1, -0.05) is 110 Å². The predicted molar refractivity (Wildman–Crippen MR) is 170 cm³/mol. The molecule has 2 heterocycles. The highest BCUT2D eigenvalue weighted by Crippen LogP contribution is 2.38. The topological polar surface area (TPSA) is 66.9 Å². The van der Waals surface area contributed by atoms with Gasteiger partial charge in [0, 0.05) is 29.1 Å². The molecule has 0 unspecified atom stereocenters. The Morgan fingerprint density at radius 2 is 1.44 bits per heavy atom. The van der Waals surface area contributed by atoms with Crippen molar-refractivity contribution in [3.8, 4) is 0 Å². The highest BCUT2D eigenvalue weighted by atomic mass is 15.1. The zero-order chi connectivity index (χ0) is 28.0. The SMILES string of the molecule is C=C1c2ccccc2/C=C\N(c2cncc(C(N=C(N)c3ccccc3)=NCc3ccccc3)c2)c2ccccc21. The molecule has 5 heteroatoms. The summed E-state index contributed by atoms with van der Waals surface area (Å²) in [7, 11) is 0. The highest BCUT2D eigenvalue weighted by Gasteiger charge is 2.19. The fraction of sp³-hybridized carbons (Fsp3) is 0.0278. The molecule has 6 rings (SSSR count). The minimum absolute atomic E-state index is 0.396. The van der Waals surface area contributed by atoms with Crippen LogP contribution < -0.4 is 10.6 Å². The Bertz CT molecular complexity index is 1790. The Balaban J connectivity index is 1.45. The molecule has 0 aliphatic carbocycles. The molecule has 1 aliphatic heterocycles. The lowest BCUT2D eigenvalue weighted by Crippen LogP contribution is -2.17. The zero-order valence-corrected chi connectivity index (χ0v) is 22.6. The lowest BCUT2D eigenvalue weighted by molar-refractivity contribution is 1.06. The lowest BCUT2D eigenvalue weighted by atomic mass is 9.92. The van der Waals surface area contributed by atoms with Crippen LogP contribution in [-0.2, 0) is 6.54 Å². The van der Waals surface area contributed by atoms with Crippen molar-refractivity contribution in [2.24, 2.45) is 15.7 Å². The predicted octanol–water partition coefficient (Wildman–Crippen LogP) is 7.62. The van der Waals surface area contributed by atoms with Crippen molar-refractivity contribution >= 4 is 34.7 Å². The number of rotatable bonds is 5. The van der Waals surface area contributed by atoms with E-state index in [2.05, 4.69) is 59.1 Å². The Morgan fingerprint density at radius 1 is 0.756 bits per heavy atom. The van der Waals surface area contributed by atoms with Gasteiger partial charge in [0.1, 0.15) is 5.84 Å². The van der Waals surface area contributed by atoms with Crippen molar-refractivity contribution in [3.05, 3.63) is 174 Å². The molecular weight excluding hydrogens is 502 g/mol. The molecule has 5 aromatic rings. The van der Waals surface area contributed by atoms with E-state index in [1.807, 2.05) is 91.1 Å². The molecule has 0 amide bonds. The Hall–Kier alpha value is -5.55. The average Bonchev–Trinajstić information content (AvgIpc) is 3.03. The van der Waals surface area contributed by atoms with E-state index >= 15 is 0 Å². The van der Waals surface area contributed by atoms with E-state index in [4.69, 9.17) is 15.7 Å². The summed E-state index contributed by atoms with van der Waals surface area (Å²) < 4.78 is 0. The maximum atomic E-state index is 6.46. The lowest BCUT2D eigenvalue weighted by Gasteiger charge is -2.27. The molecule has 0 radical (unpaired) electrons. The molecule has 0 fully saturated rings. The van der Waals surface area contributed by atoms with Crippen LogP contribution in [0.2, 0.25) is 0 Å². The summed E-state index contributed by atoms with van der Waals surface area (Å²) in [5.41, 5.74) is 15.3. The van der Waals surface area contributed by atoms with Crippen molar-refractivity contribution < 1.29 is 0 Å². The molecule has 4 aromatic carbocycles. The zero-order valence-electron chi connectivity index (χ0n) is 22.6. The normalized spacial score (nSPS) is 14.0. The molecule has 198 valence electrons. The molecule has 5 nitrogen and oxygen atoms in total. The molecule has 41 heavy (non-hydrogen) atoms. The first-order chi connectivity index (χ1) is 20.2. The Labute approximate surface area is 240 Å². The second kappa shape index (κ2) is 11.7. The van der Waals surface area contributed by atoms with E-state index < -0.39 is 0 Å². The van der Waals surface area contributed by atoms with Crippen LogP contribution in [-0.4, -0.2) is 16.7 Å². The number of pyridine rings is 1. The fourth-order valence-electron chi connectivity index (χ4n) is 4.87. The first-order valence-electron chi connectivity index (χ1n) is 13.5. The molecule has 0 bridgehead atoms. The summed E-state index contributed by atoms with van der Waals surface area (Å²) in [6.45, 7) is 4.93. The van der Waals surface area contributed by atoms with Gasteiger partial charge in [0.15, 0.2) is 5.84 Å². The van der Waals surface area contributed by atoms with Gasteiger partial charge in [-0.25, -0.2) is 4.99 Å². The van der Waals surface area contributed by atoms with Gasteiger partial charge < -0.3 is 10.6 Å². The van der Waals surface area contributed by atoms with Gasteiger partial charge in [-0.15, -0.1) is 0 Å². The van der Waals surface area contributed by atoms with Crippen LogP contribution in [0.5, 0.6) is 0 Å². The van der Waals surface area contributed by atoms with Crippen molar-refractivity contribution in [3.63, 3.8) is 0 Å². The molecule has 0 saturated heterocycles. The number of hydrogen-bond donors (Lipinski definition) is 1. The van der Waals surface area contributed by atoms with Crippen molar-refractivity contribution in [2.45, 2.75) is 6.54 Å². The molecule has 0 spiro atoms. The first-order valence-corrected chi connectivity index (χ1v) is 13.5. The summed E-state index contributed by atoms with van der Waals surface area (Å²) in [4.78, 5) is 16.4. The van der Waals surface area contributed by atoms with E-state index in [1.54, 1.807) is 6.20 Å². The van der Waals surface area contributed by atoms with E-state index in [0.29, 0.717) is 18.2 Å². The molecule has 0 saturated carbocycles. The second-order valence-corrected chi connectivity index (χ2v) is 9.69. The van der Waals surface area contributed by atoms with E-state index in [1.165, 1.54) is 0 Å². The largest absolute Gasteiger partial charge is 0.383 e. The number of anilines is 2. The van der Waals surface area contributed by atoms with Crippen LogP contribution in [0.25, 0.3) is 11.6 Å². The highest BCUT2D eigenvalue weighted by molar-refractivity contribution is 6.11. The second-order valence-electron chi connectivity index (χ2n) is 9.69. The van der Waals surface area contributed by atoms with Gasteiger partial charge in [0.2, 0.25) is 0 Å². The molecular formula is C36H29N5. The first kappa shape index (κ1) is 25.7. The quantitative estimate of drug-likeness (QED) is 0.187. The third-order valence-electron chi connectivity index (χ3n) is 6.99. The summed E-state index contributed by atoms with van der Waals surface area (Å²) in [6, 6.07) is 38.5. The smallest absolute Gasteiger partial charge is 0.158 e. The monoisotopic (exact) mass is 531 g/mol. The van der Waals surface area contributed by atoms with E-state index in [0.717, 1.165) is 50.3 Å². The van der Waals surface area contributed by atoms with E-state index in [9.17, 15) is 0 Å². The van der Waals surface area contributed by atoms with Crippen molar-refractivity contribution in [1.29, 1.82) is 0 Å². The molecule has 2 N–H and O–H groups in total. The maximum absolute atomic E-state index is 6.46. The van der Waals surface area contributed by atoms with E-state index in [-0.39, 0.29) is 0 Å². The number of benzene rings is 4. The van der Waals surface area contributed by atoms with Gasteiger partial charge >= 0.3 is 0 Å². The van der Waals surface area contributed by atoms with Crippen molar-refractivity contribution in [2.75, 3.05) is 4.90 Å². The number of aromatic nitrogens is 1. The van der Waals surface area contributed by atoms with Crippen LogP contribution in [0.15, 0.2) is 150 Å². The third-order valence-corrected chi connectivity index (χ3v) is 6.99. The van der Waals surface area contributed by atoms with Crippen LogP contribution in [0.1, 0.15) is 33.4 Å². The summed E-state index contributed by atoms with van der Waals surface area (Å²) >= 11 is 0. The maximum Gasteiger partial charge on any atom is 0.158 e. The number of para-hydroxylation sites is 1. The van der Waals surface area contributed by atoms with Gasteiger partial charge in [0.05, 0.1) is 24.1 Å². The van der Waals surface area contributed by atoms with Crippen LogP contribution in [0.4, 0.5) is 11.4 Å². The molecule has 0 atom stereocenters. The number of fused-ring (bicyclic) bond motifs is 2. The minimum atomic E-state index is 0.396. The summed E-state index contributed by atoms with van der Waals surface area (Å²) in [6.07, 6.45) is 7.81. The minimum Gasteiger partial charge on any atom is -0.383 e. The number of aliphatic imine (C=N–C) groups is 2. The van der Waals surface area contributed by atoms with Gasteiger partial charge in [-0.3, -0.25) is 9.98 Å². The average molecular weight is 532 g/mol. The van der Waals surface area contributed by atoms with Gasteiger partial charge in [-0.2, -0.15) is 0 Å². The van der Waals surface area contributed by atoms with Crippen LogP contribution >= 0.6 is 0 Å². The van der Waals surface area contributed by atoms with Crippen LogP contribution in [0, 0.1) is 0 Å². The number of amidine groups is 2. The standard InChI is InChI=1S/C36H29N5/c1-26-32-17-9-8-14-28(32)20-21-41(34-19-11-10-18-33(26)34)31-22-30(24-38-25-31)36(39-23-27-12-4-2-5-13-27)40-35(37)29-15-6-3-7-16-29/h2-22,24-25H,1,23H2,(H2,37,39,40)/b21-20-. The summed E-state index contributed by atoms with van der Waals surface area (Å²) in [5.74, 6) is 0.913. The van der Waals surface area contributed by atoms with Gasteiger partial charge in [-0.05, 0) is 40.5 Å². The number of nitrogens with two attached hydrogens (primary N) is 1.